The Morgan fingerprint density at radius 1 is 0.969 bits per heavy atom. The van der Waals surface area contributed by atoms with Gasteiger partial charge < -0.3 is 14.7 Å². The van der Waals surface area contributed by atoms with E-state index in [-0.39, 0.29) is 42.9 Å². The Kier molecular flexibility index (Phi) is 5.66. The van der Waals surface area contributed by atoms with Gasteiger partial charge in [-0.15, -0.1) is 0 Å². The average Bonchev–Trinajstić information content (AvgIpc) is 3.16. The monoisotopic (exact) mass is 431 g/mol. The third kappa shape index (κ3) is 3.78. The van der Waals surface area contributed by atoms with E-state index in [0.717, 1.165) is 5.56 Å². The summed E-state index contributed by atoms with van der Waals surface area (Å²) in [5.74, 6) is -0.255. The fourth-order valence-electron chi connectivity index (χ4n) is 5.22. The second-order valence-electron chi connectivity index (χ2n) is 8.64. The van der Waals surface area contributed by atoms with Crippen LogP contribution < -0.4 is 0 Å². The second-order valence-corrected chi connectivity index (χ2v) is 8.64. The molecular formula is C27H26FNO3. The van der Waals surface area contributed by atoms with Crippen LogP contribution in [0, 0.1) is 11.7 Å². The molecule has 164 valence electrons. The van der Waals surface area contributed by atoms with Gasteiger partial charge in [0.1, 0.15) is 12.4 Å². The molecule has 3 aromatic rings. The van der Waals surface area contributed by atoms with Gasteiger partial charge in [0.15, 0.2) is 0 Å². The zero-order chi connectivity index (χ0) is 22.1. The Morgan fingerprint density at radius 2 is 1.59 bits per heavy atom. The van der Waals surface area contributed by atoms with Crippen molar-refractivity contribution in [3.05, 3.63) is 95.3 Å². The van der Waals surface area contributed by atoms with Crippen molar-refractivity contribution in [2.24, 2.45) is 5.92 Å². The molecule has 1 amide bonds. The fraction of sp³-hybridized carbons (Fsp3) is 0.296. The highest BCUT2D eigenvalue weighted by atomic mass is 19.1. The average molecular weight is 432 g/mol. The smallest absolute Gasteiger partial charge is 0.409 e. The van der Waals surface area contributed by atoms with Crippen LogP contribution in [0.2, 0.25) is 0 Å². The van der Waals surface area contributed by atoms with Crippen LogP contribution in [0.5, 0.6) is 0 Å². The Hall–Kier alpha value is -3.18. The first-order valence-electron chi connectivity index (χ1n) is 11.1. The number of hydrogen-bond donors (Lipinski definition) is 1. The minimum absolute atomic E-state index is 0.0248. The molecule has 0 saturated carbocycles. The largest absolute Gasteiger partial charge is 0.448 e. The predicted octanol–water partition coefficient (Wildman–Crippen LogP) is 5.17. The second kappa shape index (κ2) is 8.75. The van der Waals surface area contributed by atoms with E-state index in [1.165, 1.54) is 34.4 Å². The summed E-state index contributed by atoms with van der Waals surface area (Å²) in [5.41, 5.74) is 5.77. The maximum Gasteiger partial charge on any atom is 0.409 e. The molecule has 32 heavy (non-hydrogen) atoms. The molecular weight excluding hydrogens is 405 g/mol. The Morgan fingerprint density at radius 3 is 2.22 bits per heavy atom. The summed E-state index contributed by atoms with van der Waals surface area (Å²) in [6.07, 6.45) is 0.365. The van der Waals surface area contributed by atoms with Crippen LogP contribution in [0.15, 0.2) is 72.8 Å². The van der Waals surface area contributed by atoms with Gasteiger partial charge in [-0.3, -0.25) is 0 Å². The van der Waals surface area contributed by atoms with E-state index in [1.807, 2.05) is 24.3 Å². The van der Waals surface area contributed by atoms with E-state index >= 15 is 0 Å². The summed E-state index contributed by atoms with van der Waals surface area (Å²) in [5, 5.41) is 9.95. The summed E-state index contributed by atoms with van der Waals surface area (Å²) in [6.45, 7) is 1.23. The van der Waals surface area contributed by atoms with Crippen molar-refractivity contribution in [3.8, 4) is 11.1 Å². The van der Waals surface area contributed by atoms with Crippen LogP contribution in [0.4, 0.5) is 9.18 Å². The number of aliphatic hydroxyl groups excluding tert-OH is 1. The number of carbonyl (C=O) groups excluding carboxylic acids is 1. The first-order valence-corrected chi connectivity index (χ1v) is 11.1. The van der Waals surface area contributed by atoms with Crippen LogP contribution in [-0.2, 0) is 4.74 Å². The minimum atomic E-state index is -0.345. The van der Waals surface area contributed by atoms with E-state index in [4.69, 9.17) is 4.74 Å². The molecule has 1 N–H and O–H groups in total. The number of fused-ring (bicyclic) bond motifs is 3. The van der Waals surface area contributed by atoms with Crippen LogP contribution in [0.3, 0.4) is 0 Å². The van der Waals surface area contributed by atoms with Crippen molar-refractivity contribution < 1.29 is 19.0 Å². The summed E-state index contributed by atoms with van der Waals surface area (Å²) in [7, 11) is 0. The summed E-state index contributed by atoms with van der Waals surface area (Å²) >= 11 is 0. The van der Waals surface area contributed by atoms with Gasteiger partial charge in [0.2, 0.25) is 0 Å². The van der Waals surface area contributed by atoms with Crippen molar-refractivity contribution in [1.29, 1.82) is 0 Å². The lowest BCUT2D eigenvalue weighted by Gasteiger charge is -2.37. The van der Waals surface area contributed by atoms with Gasteiger partial charge in [-0.05, 0) is 52.3 Å². The maximum absolute atomic E-state index is 13.3. The number of amides is 1. The van der Waals surface area contributed by atoms with Crippen LogP contribution in [0.1, 0.15) is 34.9 Å². The number of hydrogen-bond acceptors (Lipinski definition) is 3. The number of nitrogens with zero attached hydrogens (tertiary/aromatic N) is 1. The fourth-order valence-corrected chi connectivity index (χ4v) is 5.22. The number of rotatable bonds is 4. The highest BCUT2D eigenvalue weighted by Gasteiger charge is 2.34. The standard InChI is InChI=1S/C27H26FNO3/c28-20-11-9-18(10-12-20)21-13-14-29(15-19(21)16-30)27(31)32-17-26-24-7-3-1-5-22(24)23-6-2-4-8-25(23)26/h1-12,19,21,26,30H,13-17H2/t19-,21-/m0/s1. The van der Waals surface area contributed by atoms with Crippen LogP contribution in [0.25, 0.3) is 11.1 Å². The number of aliphatic hydroxyl groups is 1. The highest BCUT2D eigenvalue weighted by Crippen LogP contribution is 2.44. The normalized spacial score (nSPS) is 20.0. The molecule has 1 fully saturated rings. The number of likely N-dealkylation sites (tertiary alicyclic amines) is 1. The van der Waals surface area contributed by atoms with Crippen molar-refractivity contribution in [2.75, 3.05) is 26.3 Å². The molecule has 0 spiro atoms. The number of benzene rings is 3. The minimum Gasteiger partial charge on any atom is -0.448 e. The Labute approximate surface area is 187 Å². The Bertz CT molecular complexity index is 1070. The zero-order valence-electron chi connectivity index (χ0n) is 17.8. The number of carbonyl (C=O) groups is 1. The molecule has 0 aromatic heterocycles. The molecule has 2 atom stereocenters. The molecule has 1 heterocycles. The van der Waals surface area contributed by atoms with E-state index in [9.17, 15) is 14.3 Å². The van der Waals surface area contributed by atoms with Gasteiger partial charge in [0.25, 0.3) is 0 Å². The molecule has 0 bridgehead atoms. The first-order chi connectivity index (χ1) is 15.7. The maximum atomic E-state index is 13.3. The lowest BCUT2D eigenvalue weighted by Crippen LogP contribution is -2.44. The zero-order valence-corrected chi connectivity index (χ0v) is 17.8. The van der Waals surface area contributed by atoms with Crippen molar-refractivity contribution in [3.63, 3.8) is 0 Å². The van der Waals surface area contributed by atoms with Gasteiger partial charge in [-0.25, -0.2) is 9.18 Å². The molecule has 5 heteroatoms. The highest BCUT2D eigenvalue weighted by molar-refractivity contribution is 5.79. The van der Waals surface area contributed by atoms with Crippen LogP contribution in [-0.4, -0.2) is 42.4 Å². The van der Waals surface area contributed by atoms with Gasteiger partial charge >= 0.3 is 6.09 Å². The quantitative estimate of drug-likeness (QED) is 0.620. The number of piperidine rings is 1. The molecule has 1 aliphatic carbocycles. The van der Waals surface area contributed by atoms with E-state index < -0.39 is 0 Å². The molecule has 5 rings (SSSR count). The van der Waals surface area contributed by atoms with Gasteiger partial charge in [-0.1, -0.05) is 60.7 Å². The molecule has 1 aliphatic heterocycles. The molecule has 0 radical (unpaired) electrons. The molecule has 1 saturated heterocycles. The van der Waals surface area contributed by atoms with E-state index in [2.05, 4.69) is 24.3 Å². The molecule has 4 nitrogen and oxygen atoms in total. The molecule has 3 aromatic carbocycles. The van der Waals surface area contributed by atoms with E-state index in [0.29, 0.717) is 19.5 Å². The van der Waals surface area contributed by atoms with Crippen molar-refractivity contribution in [1.82, 2.24) is 4.90 Å². The van der Waals surface area contributed by atoms with Crippen molar-refractivity contribution in [2.45, 2.75) is 18.3 Å². The third-order valence-corrected chi connectivity index (χ3v) is 6.86. The molecule has 2 aliphatic rings. The topological polar surface area (TPSA) is 49.8 Å². The Balaban J connectivity index is 1.26. The third-order valence-electron chi connectivity index (χ3n) is 6.86. The summed E-state index contributed by atoms with van der Waals surface area (Å²) < 4.78 is 19.1. The SMILES string of the molecule is O=C(OCC1c2ccccc2-c2ccccc21)N1CC[C@@H](c2ccc(F)cc2)[C@H](CO)C1. The summed E-state index contributed by atoms with van der Waals surface area (Å²) in [4.78, 5) is 14.6. The van der Waals surface area contributed by atoms with Gasteiger partial charge in [0, 0.05) is 31.5 Å². The lowest BCUT2D eigenvalue weighted by molar-refractivity contribution is 0.0638. The van der Waals surface area contributed by atoms with Crippen LogP contribution >= 0.6 is 0 Å². The van der Waals surface area contributed by atoms with Crippen molar-refractivity contribution >= 4 is 6.09 Å². The lowest BCUT2D eigenvalue weighted by atomic mass is 9.81. The number of ether oxygens (including phenoxy) is 1. The summed E-state index contributed by atoms with van der Waals surface area (Å²) in [6, 6.07) is 23.0. The van der Waals surface area contributed by atoms with Gasteiger partial charge in [0.05, 0.1) is 0 Å². The number of halogens is 1. The van der Waals surface area contributed by atoms with Gasteiger partial charge in [-0.2, -0.15) is 0 Å². The van der Waals surface area contributed by atoms with E-state index in [1.54, 1.807) is 17.0 Å². The predicted molar refractivity (Wildman–Crippen MR) is 121 cm³/mol. The molecule has 0 unspecified atom stereocenters. The first kappa shape index (κ1) is 20.7.